The van der Waals surface area contributed by atoms with Crippen molar-refractivity contribution in [2.45, 2.75) is 44.9 Å². The van der Waals surface area contributed by atoms with Gasteiger partial charge in [0.15, 0.2) is 0 Å². The molecule has 4 rings (SSSR count). The minimum Gasteiger partial charge on any atom is -0.508 e. The number of hydrogen-bond acceptors (Lipinski definition) is 3. The summed E-state index contributed by atoms with van der Waals surface area (Å²) in [5.74, 6) is 0.714. The molecule has 0 spiro atoms. The molecule has 3 N–H and O–H groups in total. The molecule has 0 heterocycles. The fourth-order valence-electron chi connectivity index (χ4n) is 5.72. The molecule has 1 aromatic carbocycles. The number of primary amides is 1. The van der Waals surface area contributed by atoms with Crippen molar-refractivity contribution in [1.82, 2.24) is 0 Å². The van der Waals surface area contributed by atoms with E-state index in [1.54, 1.807) is 6.07 Å². The van der Waals surface area contributed by atoms with Gasteiger partial charge in [0.25, 0.3) is 0 Å². The molecule has 2 saturated carbocycles. The third-order valence-corrected chi connectivity index (χ3v) is 6.80. The van der Waals surface area contributed by atoms with E-state index in [2.05, 4.69) is 0 Å². The molecule has 2 fully saturated rings. The maximum absolute atomic E-state index is 12.6. The molecular weight excluding hydrogens is 290 g/mol. The first kappa shape index (κ1) is 14.7. The predicted octanol–water partition coefficient (Wildman–Crippen LogP) is 2.53. The summed E-state index contributed by atoms with van der Waals surface area (Å²) in [5, 5.41) is 9.72. The molecule has 0 bridgehead atoms. The lowest BCUT2D eigenvalue weighted by Crippen LogP contribution is -2.46. The van der Waals surface area contributed by atoms with Crippen LogP contribution in [0, 0.1) is 23.2 Å². The van der Waals surface area contributed by atoms with Gasteiger partial charge in [0.05, 0.1) is 0 Å². The van der Waals surface area contributed by atoms with E-state index in [0.29, 0.717) is 24.0 Å². The van der Waals surface area contributed by atoms with Gasteiger partial charge >= 0.3 is 0 Å². The molecule has 5 atom stereocenters. The highest BCUT2D eigenvalue weighted by atomic mass is 16.3. The van der Waals surface area contributed by atoms with Crippen molar-refractivity contribution in [2.24, 2.45) is 28.9 Å². The Bertz CT molecular complexity index is 698. The lowest BCUT2D eigenvalue weighted by molar-refractivity contribution is -0.129. The van der Waals surface area contributed by atoms with E-state index < -0.39 is 0 Å². The van der Waals surface area contributed by atoms with Crippen LogP contribution in [0.4, 0.5) is 0 Å². The molecule has 23 heavy (non-hydrogen) atoms. The Labute approximate surface area is 136 Å². The number of ketones is 1. The van der Waals surface area contributed by atoms with Gasteiger partial charge in [-0.3, -0.25) is 9.59 Å². The second-order valence-electron chi connectivity index (χ2n) is 7.81. The summed E-state index contributed by atoms with van der Waals surface area (Å²) < 4.78 is 0. The molecule has 4 nitrogen and oxygen atoms in total. The first-order valence-corrected chi connectivity index (χ1v) is 8.56. The zero-order chi connectivity index (χ0) is 16.4. The lowest BCUT2D eigenvalue weighted by Gasteiger charge is -2.49. The van der Waals surface area contributed by atoms with Crippen LogP contribution < -0.4 is 5.73 Å². The number of carbonyl (C=O) groups excluding carboxylic acids is 2. The molecule has 122 valence electrons. The van der Waals surface area contributed by atoms with Crippen LogP contribution in [-0.2, 0) is 16.0 Å². The van der Waals surface area contributed by atoms with Crippen molar-refractivity contribution in [3.05, 3.63) is 29.3 Å². The van der Waals surface area contributed by atoms with Crippen LogP contribution in [0.15, 0.2) is 18.2 Å². The topological polar surface area (TPSA) is 80.4 Å². The minimum absolute atomic E-state index is 0.0770. The quantitative estimate of drug-likeness (QED) is 0.836. The smallest absolute Gasteiger partial charge is 0.221 e. The molecular formula is C19H23NO3. The van der Waals surface area contributed by atoms with Crippen molar-refractivity contribution in [1.29, 1.82) is 0 Å². The van der Waals surface area contributed by atoms with Gasteiger partial charge in [-0.2, -0.15) is 0 Å². The number of rotatable bonds is 1. The SMILES string of the molecule is C[C@]12CC[C@@H]3c4ccc(O)cc4CC[C@H]3[C@@H]1[C@@H](C(N)=O)CC2=O. The number of aryl methyl sites for hydroxylation is 1. The summed E-state index contributed by atoms with van der Waals surface area (Å²) in [7, 11) is 0. The van der Waals surface area contributed by atoms with Crippen LogP contribution in [0.5, 0.6) is 5.75 Å². The average molecular weight is 313 g/mol. The predicted molar refractivity (Wildman–Crippen MR) is 85.8 cm³/mol. The number of fused-ring (bicyclic) bond motifs is 5. The van der Waals surface area contributed by atoms with E-state index in [1.807, 2.05) is 19.1 Å². The molecule has 1 aromatic rings. The second kappa shape index (κ2) is 4.83. The number of phenols is 1. The first-order valence-electron chi connectivity index (χ1n) is 8.56. The first-order chi connectivity index (χ1) is 10.9. The van der Waals surface area contributed by atoms with Gasteiger partial charge in [-0.25, -0.2) is 0 Å². The van der Waals surface area contributed by atoms with Gasteiger partial charge in [-0.1, -0.05) is 13.0 Å². The Balaban J connectivity index is 1.76. The number of Topliss-reactive ketones (excluding diaryl/α,β-unsaturated/α-hetero) is 1. The fraction of sp³-hybridized carbons (Fsp3) is 0.579. The molecule has 0 radical (unpaired) electrons. The molecule has 3 aliphatic rings. The monoisotopic (exact) mass is 313 g/mol. The third-order valence-electron chi connectivity index (χ3n) is 6.80. The van der Waals surface area contributed by atoms with Gasteiger partial charge in [0, 0.05) is 17.8 Å². The van der Waals surface area contributed by atoms with Crippen molar-refractivity contribution in [3.63, 3.8) is 0 Å². The summed E-state index contributed by atoms with van der Waals surface area (Å²) in [6.45, 7) is 2.05. The van der Waals surface area contributed by atoms with Gasteiger partial charge < -0.3 is 10.8 Å². The molecule has 3 aliphatic carbocycles. The van der Waals surface area contributed by atoms with E-state index in [0.717, 1.165) is 25.7 Å². The van der Waals surface area contributed by atoms with Crippen LogP contribution in [0.2, 0.25) is 0 Å². The normalized spacial score (nSPS) is 38.6. The molecule has 1 amide bonds. The van der Waals surface area contributed by atoms with Crippen LogP contribution in [0.1, 0.15) is 49.7 Å². The van der Waals surface area contributed by atoms with Gasteiger partial charge in [0.2, 0.25) is 5.91 Å². The summed E-state index contributed by atoms with van der Waals surface area (Å²) in [6.07, 6.45) is 4.01. The number of hydrogen-bond donors (Lipinski definition) is 2. The average Bonchev–Trinajstić information content (AvgIpc) is 2.79. The van der Waals surface area contributed by atoms with E-state index >= 15 is 0 Å². The number of carbonyl (C=O) groups is 2. The molecule has 0 aliphatic heterocycles. The molecule has 4 heteroatoms. The highest BCUT2D eigenvalue weighted by molar-refractivity contribution is 5.94. The van der Waals surface area contributed by atoms with E-state index in [4.69, 9.17) is 5.73 Å². The minimum atomic E-state index is -0.380. The third kappa shape index (κ3) is 1.97. The van der Waals surface area contributed by atoms with E-state index in [-0.39, 0.29) is 28.9 Å². The highest BCUT2D eigenvalue weighted by Crippen LogP contribution is 2.61. The van der Waals surface area contributed by atoms with Crippen molar-refractivity contribution in [2.75, 3.05) is 0 Å². The van der Waals surface area contributed by atoms with Crippen LogP contribution in [-0.4, -0.2) is 16.8 Å². The Hall–Kier alpha value is -1.84. The van der Waals surface area contributed by atoms with Crippen LogP contribution in [0.3, 0.4) is 0 Å². The van der Waals surface area contributed by atoms with Crippen molar-refractivity contribution in [3.8, 4) is 5.75 Å². The Kier molecular flexibility index (Phi) is 3.09. The number of phenolic OH excluding ortho intramolecular Hbond substituents is 1. The summed E-state index contributed by atoms with van der Waals surface area (Å²) >= 11 is 0. The zero-order valence-electron chi connectivity index (χ0n) is 13.4. The molecule has 0 aromatic heterocycles. The van der Waals surface area contributed by atoms with Crippen LogP contribution >= 0.6 is 0 Å². The maximum Gasteiger partial charge on any atom is 0.221 e. The van der Waals surface area contributed by atoms with E-state index in [9.17, 15) is 14.7 Å². The lowest BCUT2D eigenvalue weighted by atomic mass is 9.54. The highest BCUT2D eigenvalue weighted by Gasteiger charge is 2.60. The maximum atomic E-state index is 12.6. The number of benzene rings is 1. The van der Waals surface area contributed by atoms with Gasteiger partial charge in [-0.05, 0) is 66.7 Å². The van der Waals surface area contributed by atoms with Gasteiger partial charge in [-0.15, -0.1) is 0 Å². The summed E-state index contributed by atoms with van der Waals surface area (Å²) in [6, 6.07) is 5.64. The number of amides is 1. The zero-order valence-corrected chi connectivity index (χ0v) is 13.4. The van der Waals surface area contributed by atoms with Gasteiger partial charge in [0.1, 0.15) is 11.5 Å². The number of aromatic hydroxyl groups is 1. The molecule has 0 saturated heterocycles. The number of nitrogens with two attached hydrogens (primary N) is 1. The fourth-order valence-corrected chi connectivity index (χ4v) is 5.72. The Morgan fingerprint density at radius 3 is 2.87 bits per heavy atom. The van der Waals surface area contributed by atoms with Crippen LogP contribution in [0.25, 0.3) is 0 Å². The second-order valence-corrected chi connectivity index (χ2v) is 7.81. The Morgan fingerprint density at radius 2 is 2.13 bits per heavy atom. The van der Waals surface area contributed by atoms with E-state index in [1.165, 1.54) is 11.1 Å². The largest absolute Gasteiger partial charge is 0.508 e. The summed E-state index contributed by atoms with van der Waals surface area (Å²) in [4.78, 5) is 24.5. The summed E-state index contributed by atoms with van der Waals surface area (Å²) in [5.41, 5.74) is 7.77. The standard InChI is InChI=1S/C19H23NO3/c1-19-7-6-13-12-5-3-11(21)8-10(12)2-4-14(13)17(19)15(18(20)23)9-16(19)22/h3,5,8,13-15,17,21H,2,4,6-7,9H2,1H3,(H2,20,23)/t13-,14-,15+,17-,19-/m1/s1. The van der Waals surface area contributed by atoms with Crippen molar-refractivity contribution >= 4 is 11.7 Å². The Morgan fingerprint density at radius 1 is 1.35 bits per heavy atom. The molecule has 0 unspecified atom stereocenters. The van der Waals surface area contributed by atoms with Crippen molar-refractivity contribution < 1.29 is 14.7 Å².